The fraction of sp³-hybridized carbons (Fsp3) is 0.346. The summed E-state index contributed by atoms with van der Waals surface area (Å²) >= 11 is 0. The molecule has 0 saturated carbocycles. The van der Waals surface area contributed by atoms with Crippen LogP contribution >= 0.6 is 0 Å². The lowest BCUT2D eigenvalue weighted by Crippen LogP contribution is -2.23. The number of furan rings is 1. The van der Waals surface area contributed by atoms with Crippen LogP contribution < -0.4 is 19.5 Å². The summed E-state index contributed by atoms with van der Waals surface area (Å²) in [7, 11) is 6.51. The second-order valence-electron chi connectivity index (χ2n) is 7.64. The van der Waals surface area contributed by atoms with Gasteiger partial charge < -0.3 is 28.7 Å². The summed E-state index contributed by atoms with van der Waals surface area (Å²) in [4.78, 5) is 12.4. The summed E-state index contributed by atoms with van der Waals surface area (Å²) < 4.78 is 27.7. The minimum atomic E-state index is -0.162. The summed E-state index contributed by atoms with van der Waals surface area (Å²) in [5.41, 5.74) is 4.89. The number of benzene rings is 2. The Kier molecular flexibility index (Phi) is 8.01. The quantitative estimate of drug-likeness (QED) is 0.344. The van der Waals surface area contributed by atoms with Gasteiger partial charge in [0.25, 0.3) is 0 Å². The van der Waals surface area contributed by atoms with Crippen molar-refractivity contribution in [1.29, 1.82) is 0 Å². The molecule has 0 atom stereocenters. The second kappa shape index (κ2) is 10.9. The number of carbonyl (C=O) groups is 1. The van der Waals surface area contributed by atoms with Crippen molar-refractivity contribution >= 4 is 22.4 Å². The van der Waals surface area contributed by atoms with Crippen LogP contribution in [0.25, 0.3) is 27.7 Å². The van der Waals surface area contributed by atoms with Crippen molar-refractivity contribution in [1.82, 2.24) is 5.32 Å². The maximum Gasteiger partial charge on any atom is 0.244 e. The Bertz CT molecular complexity index is 1160. The van der Waals surface area contributed by atoms with E-state index < -0.39 is 0 Å². The maximum atomic E-state index is 12.4. The van der Waals surface area contributed by atoms with E-state index in [0.717, 1.165) is 39.6 Å². The van der Waals surface area contributed by atoms with Gasteiger partial charge in [0.05, 0.1) is 27.6 Å². The lowest BCUT2D eigenvalue weighted by atomic mass is 9.96. The number of rotatable bonds is 10. The van der Waals surface area contributed by atoms with E-state index in [0.29, 0.717) is 36.0 Å². The van der Waals surface area contributed by atoms with Gasteiger partial charge >= 0.3 is 0 Å². The Morgan fingerprint density at radius 1 is 1.06 bits per heavy atom. The van der Waals surface area contributed by atoms with Crippen LogP contribution in [-0.4, -0.2) is 47.5 Å². The molecule has 7 nitrogen and oxygen atoms in total. The first-order valence-electron chi connectivity index (χ1n) is 10.7. The van der Waals surface area contributed by atoms with E-state index in [4.69, 9.17) is 23.4 Å². The zero-order chi connectivity index (χ0) is 24.0. The molecule has 0 aliphatic heterocycles. The molecule has 33 heavy (non-hydrogen) atoms. The maximum absolute atomic E-state index is 12.4. The average Bonchev–Trinajstić information content (AvgIpc) is 3.25. The van der Waals surface area contributed by atoms with Gasteiger partial charge in [-0.1, -0.05) is 0 Å². The van der Waals surface area contributed by atoms with Crippen LogP contribution in [0.4, 0.5) is 0 Å². The number of aryl methyl sites for hydroxylation is 1. The number of hydrogen-bond donors (Lipinski definition) is 1. The molecule has 0 unspecified atom stereocenters. The third-order valence-corrected chi connectivity index (χ3v) is 5.54. The largest absolute Gasteiger partial charge is 0.497 e. The summed E-state index contributed by atoms with van der Waals surface area (Å²) in [6.07, 6.45) is 4.05. The van der Waals surface area contributed by atoms with E-state index in [1.54, 1.807) is 40.8 Å². The van der Waals surface area contributed by atoms with Gasteiger partial charge in [-0.3, -0.25) is 4.79 Å². The molecule has 0 bridgehead atoms. The van der Waals surface area contributed by atoms with Crippen molar-refractivity contribution in [2.75, 3.05) is 41.6 Å². The van der Waals surface area contributed by atoms with Gasteiger partial charge in [-0.25, -0.2) is 0 Å². The molecule has 3 aromatic rings. The monoisotopic (exact) mass is 453 g/mol. The molecule has 3 rings (SSSR count). The standard InChI is InChI=1S/C26H31NO6/c1-16(12-24(28)27-10-7-11-29-3)19-14-21-22(15-33-26(21)17(2)25(19)32-6)20-13-18(30-4)8-9-23(20)31-5/h8-9,12-15H,7,10-11H2,1-6H3,(H,27,28)/b16-12+. The first-order chi connectivity index (χ1) is 15.9. The highest BCUT2D eigenvalue weighted by Crippen LogP contribution is 2.43. The fourth-order valence-electron chi connectivity index (χ4n) is 3.86. The van der Waals surface area contributed by atoms with Gasteiger partial charge in [0.2, 0.25) is 5.91 Å². The Morgan fingerprint density at radius 3 is 2.52 bits per heavy atom. The van der Waals surface area contributed by atoms with Crippen molar-refractivity contribution in [2.24, 2.45) is 0 Å². The topological polar surface area (TPSA) is 79.2 Å². The van der Waals surface area contributed by atoms with Gasteiger partial charge in [0.1, 0.15) is 22.8 Å². The highest BCUT2D eigenvalue weighted by molar-refractivity contribution is 6.02. The van der Waals surface area contributed by atoms with Crippen molar-refractivity contribution in [3.63, 3.8) is 0 Å². The smallest absolute Gasteiger partial charge is 0.244 e. The second-order valence-corrected chi connectivity index (χ2v) is 7.64. The van der Waals surface area contributed by atoms with Crippen molar-refractivity contribution < 1.29 is 28.2 Å². The normalized spacial score (nSPS) is 11.5. The van der Waals surface area contributed by atoms with Crippen LogP contribution in [0.1, 0.15) is 24.5 Å². The minimum absolute atomic E-state index is 0.162. The first kappa shape index (κ1) is 24.2. The molecule has 0 radical (unpaired) electrons. The molecule has 7 heteroatoms. The molecular weight excluding hydrogens is 422 g/mol. The fourth-order valence-corrected chi connectivity index (χ4v) is 3.86. The summed E-state index contributed by atoms with van der Waals surface area (Å²) in [6, 6.07) is 7.62. The highest BCUT2D eigenvalue weighted by Gasteiger charge is 2.20. The minimum Gasteiger partial charge on any atom is -0.497 e. The third kappa shape index (κ3) is 5.14. The van der Waals surface area contributed by atoms with Gasteiger partial charge in [0.15, 0.2) is 0 Å². The van der Waals surface area contributed by atoms with Gasteiger partial charge in [-0.2, -0.15) is 0 Å². The van der Waals surface area contributed by atoms with Crippen LogP contribution in [0.2, 0.25) is 0 Å². The molecular formula is C26H31NO6. The van der Waals surface area contributed by atoms with Crippen molar-refractivity contribution in [3.8, 4) is 28.4 Å². The third-order valence-electron chi connectivity index (χ3n) is 5.54. The Balaban J connectivity index is 2.09. The molecule has 1 aromatic heterocycles. The number of fused-ring (bicyclic) bond motifs is 1. The Labute approximate surface area is 194 Å². The van der Waals surface area contributed by atoms with E-state index in [1.165, 1.54) is 0 Å². The van der Waals surface area contributed by atoms with E-state index in [-0.39, 0.29) is 5.91 Å². The molecule has 0 spiro atoms. The van der Waals surface area contributed by atoms with Crippen LogP contribution in [-0.2, 0) is 9.53 Å². The van der Waals surface area contributed by atoms with Gasteiger partial charge in [-0.05, 0) is 50.1 Å². The number of nitrogens with one attached hydrogen (secondary N) is 1. The van der Waals surface area contributed by atoms with E-state index in [1.807, 2.05) is 38.1 Å². The van der Waals surface area contributed by atoms with Crippen LogP contribution in [0.5, 0.6) is 17.2 Å². The summed E-state index contributed by atoms with van der Waals surface area (Å²) in [6.45, 7) is 4.99. The summed E-state index contributed by atoms with van der Waals surface area (Å²) in [5, 5.41) is 3.77. The van der Waals surface area contributed by atoms with Crippen LogP contribution in [0, 0.1) is 6.92 Å². The number of carbonyl (C=O) groups excluding carboxylic acids is 1. The summed E-state index contributed by atoms with van der Waals surface area (Å²) in [5.74, 6) is 1.93. The van der Waals surface area contributed by atoms with E-state index in [2.05, 4.69) is 5.32 Å². The molecule has 0 aliphatic carbocycles. The molecule has 1 heterocycles. The molecule has 1 N–H and O–H groups in total. The SMILES string of the molecule is COCCCNC(=O)/C=C(\C)c1cc2c(-c3cc(OC)ccc3OC)coc2c(C)c1OC. The van der Waals surface area contributed by atoms with Crippen LogP contribution in [0.15, 0.2) is 41.0 Å². The lowest BCUT2D eigenvalue weighted by Gasteiger charge is -2.14. The van der Waals surface area contributed by atoms with Crippen molar-refractivity contribution in [3.05, 3.63) is 47.7 Å². The van der Waals surface area contributed by atoms with E-state index >= 15 is 0 Å². The Morgan fingerprint density at radius 2 is 1.85 bits per heavy atom. The molecule has 0 aliphatic rings. The zero-order valence-corrected chi connectivity index (χ0v) is 20.0. The lowest BCUT2D eigenvalue weighted by molar-refractivity contribution is -0.116. The number of amides is 1. The number of hydrogen-bond acceptors (Lipinski definition) is 6. The predicted molar refractivity (Wildman–Crippen MR) is 129 cm³/mol. The Hall–Kier alpha value is -3.45. The van der Waals surface area contributed by atoms with Crippen molar-refractivity contribution in [2.45, 2.75) is 20.3 Å². The molecule has 1 amide bonds. The number of methoxy groups -OCH3 is 4. The number of ether oxygens (including phenoxy) is 4. The van der Waals surface area contributed by atoms with Crippen LogP contribution in [0.3, 0.4) is 0 Å². The average molecular weight is 454 g/mol. The predicted octanol–water partition coefficient (Wildman–Crippen LogP) is 4.99. The molecule has 2 aromatic carbocycles. The highest BCUT2D eigenvalue weighted by atomic mass is 16.5. The zero-order valence-electron chi connectivity index (χ0n) is 20.0. The van der Waals surface area contributed by atoms with E-state index in [9.17, 15) is 4.79 Å². The van der Waals surface area contributed by atoms with Gasteiger partial charge in [0, 0.05) is 54.0 Å². The molecule has 176 valence electrons. The molecule has 0 fully saturated rings. The first-order valence-corrected chi connectivity index (χ1v) is 10.7. The van der Waals surface area contributed by atoms with Gasteiger partial charge in [-0.15, -0.1) is 0 Å². The molecule has 0 saturated heterocycles. The number of allylic oxidation sites excluding steroid dienone is 1.